The largest absolute Gasteiger partial charge is 0.466 e. The van der Waals surface area contributed by atoms with E-state index >= 15 is 0 Å². The maximum absolute atomic E-state index is 12.6. The number of aliphatic hydroxyl groups is 2. The van der Waals surface area contributed by atoms with Crippen LogP contribution in [0.2, 0.25) is 0 Å². The van der Waals surface area contributed by atoms with Gasteiger partial charge in [-0.25, -0.2) is 0 Å². The highest BCUT2D eigenvalue weighted by molar-refractivity contribution is 5.76. The fraction of sp³-hybridized carbons (Fsp3) is 0.915. The molecule has 0 aromatic rings. The van der Waals surface area contributed by atoms with E-state index in [1.807, 2.05) is 0 Å². The molecule has 0 aliphatic heterocycles. The van der Waals surface area contributed by atoms with Crippen molar-refractivity contribution in [3.05, 3.63) is 24.3 Å². The number of rotatable bonds is 66. The number of aliphatic hydroxyl groups excluding tert-OH is 2. The summed E-state index contributed by atoms with van der Waals surface area (Å²) in [4.78, 5) is 24.6. The van der Waals surface area contributed by atoms with Crippen LogP contribution in [0.15, 0.2) is 24.3 Å². The Kier molecular flexibility index (Phi) is 65.4. The van der Waals surface area contributed by atoms with Crippen LogP contribution in [0.4, 0.5) is 0 Å². The molecule has 6 nitrogen and oxygen atoms in total. The Hall–Kier alpha value is -1.66. The number of allylic oxidation sites excluding steroid dienone is 4. The number of unbranched alkanes of at least 4 members (excludes halogenated alkanes) is 51. The van der Waals surface area contributed by atoms with Crippen LogP contribution in [-0.2, 0) is 14.3 Å². The molecule has 0 saturated heterocycles. The van der Waals surface area contributed by atoms with Gasteiger partial charge in [-0.2, -0.15) is 0 Å². The molecule has 0 rings (SSSR count). The topological polar surface area (TPSA) is 95.9 Å². The van der Waals surface area contributed by atoms with Gasteiger partial charge in [0.05, 0.1) is 25.4 Å². The van der Waals surface area contributed by atoms with Crippen molar-refractivity contribution in [2.75, 3.05) is 13.2 Å². The van der Waals surface area contributed by atoms with E-state index in [9.17, 15) is 19.8 Å². The van der Waals surface area contributed by atoms with Gasteiger partial charge in [0.15, 0.2) is 0 Å². The van der Waals surface area contributed by atoms with Gasteiger partial charge in [0.1, 0.15) is 0 Å². The van der Waals surface area contributed by atoms with E-state index in [4.69, 9.17) is 4.74 Å². The first kappa shape index (κ1) is 75.3. The smallest absolute Gasteiger partial charge is 0.305 e. The van der Waals surface area contributed by atoms with Crippen molar-refractivity contribution in [1.82, 2.24) is 5.32 Å². The van der Waals surface area contributed by atoms with E-state index in [0.29, 0.717) is 25.9 Å². The second-order valence-electron chi connectivity index (χ2n) is 24.2. The molecule has 0 aromatic carbocycles. The van der Waals surface area contributed by atoms with Gasteiger partial charge < -0.3 is 20.3 Å². The summed E-state index contributed by atoms with van der Waals surface area (Å²) in [5, 5.41) is 23.4. The second-order valence-corrected chi connectivity index (χ2v) is 24.2. The van der Waals surface area contributed by atoms with Gasteiger partial charge in [-0.15, -0.1) is 0 Å². The molecule has 0 aromatic heterocycles. The zero-order valence-electron chi connectivity index (χ0n) is 52.2. The lowest BCUT2D eigenvalue weighted by molar-refractivity contribution is -0.143. The van der Waals surface area contributed by atoms with Crippen LogP contribution >= 0.6 is 0 Å². The molecule has 77 heavy (non-hydrogen) atoms. The number of amides is 1. The van der Waals surface area contributed by atoms with Crippen molar-refractivity contribution in [2.24, 2.45) is 0 Å². The molecule has 0 saturated carbocycles. The Morgan fingerprint density at radius 2 is 0.610 bits per heavy atom. The zero-order chi connectivity index (χ0) is 55.7. The standard InChI is InChI=1S/C71H137NO5/c1-3-5-7-9-11-13-15-17-19-20-21-22-23-24-25-27-30-33-36-39-43-47-51-55-59-63-69(74)68(67-73)72-70(75)64-60-56-52-48-44-40-37-34-31-28-26-29-32-35-38-42-46-50-54-58-62-66-77-71(76)65-61-57-53-49-45-41-18-16-14-12-10-8-6-4-2/h16,18,28,31,68-69,73-74H,3-15,17,19-27,29-30,32-67H2,1-2H3,(H,72,75)/b18-16-,31-28-. The molecular formula is C71H137NO5. The van der Waals surface area contributed by atoms with Crippen molar-refractivity contribution in [2.45, 2.75) is 405 Å². The number of nitrogens with one attached hydrogen (secondary N) is 1. The monoisotopic (exact) mass is 1080 g/mol. The number of hydrogen-bond donors (Lipinski definition) is 3. The molecular weight excluding hydrogens is 947 g/mol. The minimum absolute atomic E-state index is 0.000648. The summed E-state index contributed by atoms with van der Waals surface area (Å²) in [5.41, 5.74) is 0. The molecule has 0 bridgehead atoms. The Labute approximate surface area is 481 Å². The molecule has 3 N–H and O–H groups in total. The zero-order valence-corrected chi connectivity index (χ0v) is 52.2. The van der Waals surface area contributed by atoms with Crippen molar-refractivity contribution in [3.63, 3.8) is 0 Å². The third-order valence-electron chi connectivity index (χ3n) is 16.5. The Bertz CT molecular complexity index is 1200. The third-order valence-corrected chi connectivity index (χ3v) is 16.5. The number of hydrogen-bond acceptors (Lipinski definition) is 5. The number of ether oxygens (including phenoxy) is 1. The molecule has 2 atom stereocenters. The van der Waals surface area contributed by atoms with Crippen LogP contribution in [0.25, 0.3) is 0 Å². The summed E-state index contributed by atoms with van der Waals surface area (Å²) in [6.45, 7) is 4.97. The van der Waals surface area contributed by atoms with Crippen molar-refractivity contribution < 1.29 is 24.5 Å². The SMILES string of the molecule is CCCCCCC/C=C\CCCCCCCC(=O)OCCCCCCCCCCCC/C=C\CCCCCCCCCC(=O)NC(CO)C(O)CCCCCCCCCCCCCCCCCCCCCCCCCCC. The Balaban J connectivity index is 3.42. The summed E-state index contributed by atoms with van der Waals surface area (Å²) in [5.74, 6) is -0.0376. The molecule has 0 aliphatic rings. The first-order valence-corrected chi connectivity index (χ1v) is 35.1. The first-order valence-electron chi connectivity index (χ1n) is 35.1. The molecule has 1 amide bonds. The summed E-state index contributed by atoms with van der Waals surface area (Å²) < 4.78 is 5.48. The van der Waals surface area contributed by atoms with Crippen LogP contribution in [0.5, 0.6) is 0 Å². The van der Waals surface area contributed by atoms with Crippen molar-refractivity contribution in [3.8, 4) is 0 Å². The Morgan fingerprint density at radius 1 is 0.351 bits per heavy atom. The fourth-order valence-electron chi connectivity index (χ4n) is 11.1. The van der Waals surface area contributed by atoms with Crippen LogP contribution in [0.1, 0.15) is 393 Å². The predicted octanol–water partition coefficient (Wildman–Crippen LogP) is 22.5. The summed E-state index contributed by atoms with van der Waals surface area (Å²) in [6, 6.07) is -0.549. The van der Waals surface area contributed by atoms with E-state index in [2.05, 4.69) is 43.5 Å². The summed E-state index contributed by atoms with van der Waals surface area (Å²) >= 11 is 0. The van der Waals surface area contributed by atoms with Crippen molar-refractivity contribution >= 4 is 11.9 Å². The normalized spacial score (nSPS) is 12.6. The van der Waals surface area contributed by atoms with E-state index in [1.165, 1.54) is 315 Å². The first-order chi connectivity index (χ1) is 38.0. The molecule has 0 heterocycles. The molecule has 2 unspecified atom stereocenters. The van der Waals surface area contributed by atoms with Gasteiger partial charge in [0.2, 0.25) is 5.91 Å². The lowest BCUT2D eigenvalue weighted by atomic mass is 10.0. The van der Waals surface area contributed by atoms with Crippen LogP contribution in [0, 0.1) is 0 Å². The number of carbonyl (C=O) groups excluding carboxylic acids is 2. The highest BCUT2D eigenvalue weighted by atomic mass is 16.5. The number of carbonyl (C=O) groups is 2. The minimum atomic E-state index is -0.671. The Morgan fingerprint density at radius 3 is 0.922 bits per heavy atom. The van der Waals surface area contributed by atoms with Gasteiger partial charge >= 0.3 is 5.97 Å². The lowest BCUT2D eigenvalue weighted by Crippen LogP contribution is -2.45. The third kappa shape index (κ3) is 63.4. The summed E-state index contributed by atoms with van der Waals surface area (Å²) in [6.07, 6.45) is 83.6. The molecule has 0 aliphatic carbocycles. The van der Waals surface area contributed by atoms with E-state index in [0.717, 1.165) is 44.9 Å². The second kappa shape index (κ2) is 66.8. The molecule has 0 radical (unpaired) electrons. The van der Waals surface area contributed by atoms with Gasteiger partial charge in [-0.05, 0) is 77.0 Å². The summed E-state index contributed by atoms with van der Waals surface area (Å²) in [7, 11) is 0. The van der Waals surface area contributed by atoms with Crippen LogP contribution in [0.3, 0.4) is 0 Å². The maximum atomic E-state index is 12.6. The van der Waals surface area contributed by atoms with Crippen molar-refractivity contribution in [1.29, 1.82) is 0 Å². The molecule has 6 heteroatoms. The average Bonchev–Trinajstić information content (AvgIpc) is 3.43. The highest BCUT2D eigenvalue weighted by Gasteiger charge is 2.20. The predicted molar refractivity (Wildman–Crippen MR) is 338 cm³/mol. The van der Waals surface area contributed by atoms with Gasteiger partial charge in [0.25, 0.3) is 0 Å². The van der Waals surface area contributed by atoms with E-state index < -0.39 is 12.1 Å². The number of esters is 1. The van der Waals surface area contributed by atoms with Crippen LogP contribution in [-0.4, -0.2) is 47.4 Å². The fourth-order valence-corrected chi connectivity index (χ4v) is 11.1. The van der Waals surface area contributed by atoms with Crippen LogP contribution < -0.4 is 5.32 Å². The molecule has 0 spiro atoms. The molecule has 0 fully saturated rings. The van der Waals surface area contributed by atoms with Gasteiger partial charge in [-0.1, -0.05) is 327 Å². The maximum Gasteiger partial charge on any atom is 0.305 e. The van der Waals surface area contributed by atoms with Gasteiger partial charge in [-0.3, -0.25) is 9.59 Å². The quantitative estimate of drug-likeness (QED) is 0.0320. The lowest BCUT2D eigenvalue weighted by Gasteiger charge is -2.22. The van der Waals surface area contributed by atoms with Gasteiger partial charge in [0, 0.05) is 12.8 Å². The minimum Gasteiger partial charge on any atom is -0.466 e. The molecule has 456 valence electrons. The highest BCUT2D eigenvalue weighted by Crippen LogP contribution is 2.19. The average molecular weight is 1080 g/mol. The van der Waals surface area contributed by atoms with E-state index in [1.54, 1.807) is 0 Å². The van der Waals surface area contributed by atoms with E-state index in [-0.39, 0.29) is 18.5 Å².